The minimum Gasteiger partial charge on any atom is -0.393 e. The van der Waals surface area contributed by atoms with Gasteiger partial charge >= 0.3 is 12.4 Å². The average molecular weight is 494 g/mol. The summed E-state index contributed by atoms with van der Waals surface area (Å²) in [6.07, 6.45) is -8.57. The second-order valence-corrected chi connectivity index (χ2v) is 7.52. The minimum atomic E-state index is -4.79. The molecule has 182 valence electrons. The quantitative estimate of drug-likeness (QED) is 0.318. The third-order valence-corrected chi connectivity index (χ3v) is 5.16. The molecule has 0 saturated carbocycles. The Hall–Kier alpha value is -3.77. The molecule has 0 fully saturated rings. The molecule has 3 N–H and O–H groups in total. The normalized spacial score (nSPS) is 13.1. The lowest BCUT2D eigenvalue weighted by Crippen LogP contribution is -2.12. The molecule has 0 unspecified atom stereocenters. The van der Waals surface area contributed by atoms with Crippen molar-refractivity contribution in [3.05, 3.63) is 77.7 Å². The number of hydrogen-bond donors (Lipinski definition) is 3. The maximum Gasteiger partial charge on any atom is 0.418 e. The molecule has 0 radical (unpaired) electrons. The average Bonchev–Trinajstić information content (AvgIpc) is 2.82. The van der Waals surface area contributed by atoms with Crippen LogP contribution in [-0.4, -0.2) is 31.8 Å². The summed E-state index contributed by atoms with van der Waals surface area (Å²) in [7, 11) is 0. The van der Waals surface area contributed by atoms with E-state index in [1.807, 2.05) is 0 Å². The SMILES string of the molecule is OC[C@@H](O)c1cnc(-c2ccc3c(Nc4ccc(C(F)(F)F)cc4)ncnc3c2)c(C(F)(F)F)c1. The number of aliphatic hydroxyl groups excluding tert-OH is 2. The smallest absolute Gasteiger partial charge is 0.393 e. The van der Waals surface area contributed by atoms with E-state index in [4.69, 9.17) is 5.11 Å². The molecule has 1 atom stereocenters. The molecule has 0 aliphatic rings. The van der Waals surface area contributed by atoms with E-state index < -0.39 is 41.9 Å². The summed E-state index contributed by atoms with van der Waals surface area (Å²) in [5, 5.41) is 22.0. The van der Waals surface area contributed by atoms with E-state index in [0.29, 0.717) is 11.1 Å². The van der Waals surface area contributed by atoms with E-state index in [-0.39, 0.29) is 22.5 Å². The van der Waals surface area contributed by atoms with E-state index in [2.05, 4.69) is 20.3 Å². The zero-order valence-electron chi connectivity index (χ0n) is 17.6. The van der Waals surface area contributed by atoms with Crippen molar-refractivity contribution >= 4 is 22.4 Å². The van der Waals surface area contributed by atoms with Gasteiger partial charge in [-0.05, 0) is 42.5 Å². The van der Waals surface area contributed by atoms with E-state index in [9.17, 15) is 31.4 Å². The number of aromatic nitrogens is 3. The first-order valence-electron chi connectivity index (χ1n) is 10.0. The monoisotopic (exact) mass is 494 g/mol. The summed E-state index contributed by atoms with van der Waals surface area (Å²) in [4.78, 5) is 12.0. The molecule has 0 aliphatic carbocycles. The summed E-state index contributed by atoms with van der Waals surface area (Å²) < 4.78 is 79.5. The molecular formula is C23H16F6N4O2. The molecular weight excluding hydrogens is 478 g/mol. The lowest BCUT2D eigenvalue weighted by Gasteiger charge is -2.16. The molecule has 0 spiro atoms. The van der Waals surface area contributed by atoms with E-state index in [0.717, 1.165) is 30.7 Å². The van der Waals surface area contributed by atoms with Crippen molar-refractivity contribution in [2.24, 2.45) is 0 Å². The highest BCUT2D eigenvalue weighted by atomic mass is 19.4. The number of nitrogens with zero attached hydrogens (tertiary/aromatic N) is 3. The van der Waals surface area contributed by atoms with E-state index >= 15 is 0 Å². The van der Waals surface area contributed by atoms with Crippen molar-refractivity contribution in [1.82, 2.24) is 15.0 Å². The van der Waals surface area contributed by atoms with Crippen LogP contribution in [0.25, 0.3) is 22.2 Å². The van der Waals surface area contributed by atoms with Gasteiger partial charge in [-0.25, -0.2) is 9.97 Å². The number of fused-ring (bicyclic) bond motifs is 1. The maximum atomic E-state index is 13.7. The van der Waals surface area contributed by atoms with E-state index in [1.54, 1.807) is 0 Å². The van der Waals surface area contributed by atoms with Crippen LogP contribution in [0.2, 0.25) is 0 Å². The van der Waals surface area contributed by atoms with Gasteiger partial charge in [-0.3, -0.25) is 4.98 Å². The van der Waals surface area contributed by atoms with Crippen LogP contribution in [0.3, 0.4) is 0 Å². The number of rotatable bonds is 5. The van der Waals surface area contributed by atoms with Crippen LogP contribution in [0.1, 0.15) is 22.8 Å². The number of pyridine rings is 1. The predicted octanol–water partition coefficient (Wildman–Crippen LogP) is 5.50. The fourth-order valence-electron chi connectivity index (χ4n) is 3.40. The van der Waals surface area contributed by atoms with Gasteiger partial charge in [-0.15, -0.1) is 0 Å². The van der Waals surface area contributed by atoms with Crippen LogP contribution < -0.4 is 5.32 Å². The molecule has 0 aliphatic heterocycles. The minimum absolute atomic E-state index is 0.0917. The number of benzene rings is 2. The lowest BCUT2D eigenvalue weighted by atomic mass is 10.0. The zero-order chi connectivity index (χ0) is 25.4. The van der Waals surface area contributed by atoms with Gasteiger partial charge in [0.15, 0.2) is 0 Å². The molecule has 2 heterocycles. The van der Waals surface area contributed by atoms with Crippen molar-refractivity contribution in [3.8, 4) is 11.3 Å². The van der Waals surface area contributed by atoms with Crippen molar-refractivity contribution in [3.63, 3.8) is 0 Å². The van der Waals surface area contributed by atoms with Gasteiger partial charge in [0, 0.05) is 28.4 Å². The summed E-state index contributed by atoms with van der Waals surface area (Å²) in [6.45, 7) is -0.764. The Balaban J connectivity index is 1.72. The summed E-state index contributed by atoms with van der Waals surface area (Å²) in [5.74, 6) is 0.242. The number of nitrogens with one attached hydrogen (secondary N) is 1. The summed E-state index contributed by atoms with van der Waals surface area (Å²) >= 11 is 0. The van der Waals surface area contributed by atoms with Crippen LogP contribution in [0.15, 0.2) is 61.1 Å². The first-order valence-corrected chi connectivity index (χ1v) is 10.0. The second-order valence-electron chi connectivity index (χ2n) is 7.52. The zero-order valence-corrected chi connectivity index (χ0v) is 17.6. The first kappa shape index (κ1) is 24.4. The van der Waals surface area contributed by atoms with Gasteiger partial charge in [-0.2, -0.15) is 26.3 Å². The van der Waals surface area contributed by atoms with Crippen molar-refractivity contribution in [2.45, 2.75) is 18.5 Å². The Morgan fingerprint density at radius 1 is 0.857 bits per heavy atom. The lowest BCUT2D eigenvalue weighted by molar-refractivity contribution is -0.138. The molecule has 6 nitrogen and oxygen atoms in total. The Kier molecular flexibility index (Phi) is 6.34. The van der Waals surface area contributed by atoms with E-state index in [1.165, 1.54) is 30.3 Å². The first-order chi connectivity index (χ1) is 16.5. The van der Waals surface area contributed by atoms with Crippen molar-refractivity contribution < 1.29 is 36.6 Å². The number of hydrogen-bond acceptors (Lipinski definition) is 6. The maximum absolute atomic E-state index is 13.7. The highest BCUT2D eigenvalue weighted by molar-refractivity contribution is 5.93. The fraction of sp³-hybridized carbons (Fsp3) is 0.174. The second kappa shape index (κ2) is 9.12. The van der Waals surface area contributed by atoms with Crippen LogP contribution in [0, 0.1) is 0 Å². The molecule has 4 aromatic rings. The molecule has 12 heteroatoms. The van der Waals surface area contributed by atoms with Crippen LogP contribution >= 0.6 is 0 Å². The van der Waals surface area contributed by atoms with Crippen LogP contribution in [0.4, 0.5) is 37.8 Å². The standard InChI is InChI=1S/C23H16F6N4O2/c24-22(25,26)14-2-4-15(5-3-14)33-21-16-6-1-12(8-18(16)31-11-32-21)20-17(23(27,28)29)7-13(9-30-20)19(35)10-34/h1-9,11,19,34-35H,10H2,(H,31,32,33)/t19-/m1/s1. The highest BCUT2D eigenvalue weighted by Crippen LogP contribution is 2.38. The molecule has 35 heavy (non-hydrogen) atoms. The fourth-order valence-corrected chi connectivity index (χ4v) is 3.40. The van der Waals surface area contributed by atoms with Gasteiger partial charge in [0.05, 0.1) is 28.9 Å². The molecule has 0 saturated heterocycles. The Labute approximate surface area is 193 Å². The number of halogens is 6. The number of aliphatic hydroxyl groups is 2. The van der Waals surface area contributed by atoms with Crippen molar-refractivity contribution in [2.75, 3.05) is 11.9 Å². The Morgan fingerprint density at radius 2 is 1.57 bits per heavy atom. The third-order valence-electron chi connectivity index (χ3n) is 5.16. The molecule has 0 amide bonds. The van der Waals surface area contributed by atoms with Crippen molar-refractivity contribution in [1.29, 1.82) is 0 Å². The molecule has 2 aromatic heterocycles. The largest absolute Gasteiger partial charge is 0.418 e. The van der Waals surface area contributed by atoms with Gasteiger partial charge in [0.25, 0.3) is 0 Å². The summed E-state index contributed by atoms with van der Waals surface area (Å²) in [5.41, 5.74) is -1.82. The van der Waals surface area contributed by atoms with Crippen LogP contribution in [0.5, 0.6) is 0 Å². The Morgan fingerprint density at radius 3 is 2.20 bits per heavy atom. The Bertz CT molecular complexity index is 1360. The molecule has 4 rings (SSSR count). The number of alkyl halides is 6. The topological polar surface area (TPSA) is 91.2 Å². The van der Waals surface area contributed by atoms with Gasteiger partial charge in [0.2, 0.25) is 0 Å². The van der Waals surface area contributed by atoms with Gasteiger partial charge < -0.3 is 15.5 Å². The van der Waals surface area contributed by atoms with Crippen LogP contribution in [-0.2, 0) is 12.4 Å². The molecule has 0 bridgehead atoms. The van der Waals surface area contributed by atoms with Gasteiger partial charge in [0.1, 0.15) is 18.2 Å². The number of anilines is 2. The highest BCUT2D eigenvalue weighted by Gasteiger charge is 2.35. The molecule has 2 aromatic carbocycles. The van der Waals surface area contributed by atoms with Gasteiger partial charge in [-0.1, -0.05) is 6.07 Å². The predicted molar refractivity (Wildman–Crippen MR) is 115 cm³/mol. The third kappa shape index (κ3) is 5.17. The summed E-state index contributed by atoms with van der Waals surface area (Å²) in [6, 6.07) is 9.22.